The maximum absolute atomic E-state index is 15.8. The summed E-state index contributed by atoms with van der Waals surface area (Å²) in [6, 6.07) is 8.17. The molecule has 5 unspecified atom stereocenters. The average Bonchev–Trinajstić information content (AvgIpc) is 2.96. The van der Waals surface area contributed by atoms with Crippen molar-refractivity contribution in [2.75, 3.05) is 13.2 Å². The van der Waals surface area contributed by atoms with Crippen LogP contribution in [0.4, 0.5) is 13.2 Å². The lowest BCUT2D eigenvalue weighted by molar-refractivity contribution is -0.226. The van der Waals surface area contributed by atoms with Gasteiger partial charge in [0.05, 0.1) is 17.7 Å². The minimum atomic E-state index is -2.13. The van der Waals surface area contributed by atoms with Gasteiger partial charge in [0, 0.05) is 27.7 Å². The summed E-state index contributed by atoms with van der Waals surface area (Å²) in [6.07, 6.45) is -6.87. The molecule has 2 aromatic rings. The van der Waals surface area contributed by atoms with E-state index in [1.54, 1.807) is 37.3 Å². The largest absolute Gasteiger partial charge is 0.463 e. The van der Waals surface area contributed by atoms with E-state index in [4.69, 9.17) is 28.4 Å². The molecule has 0 spiro atoms. The third kappa shape index (κ3) is 11.4. The van der Waals surface area contributed by atoms with Crippen LogP contribution < -0.4 is 10.1 Å². The van der Waals surface area contributed by atoms with E-state index in [0.29, 0.717) is 11.6 Å². The molecule has 45 heavy (non-hydrogen) atoms. The molecule has 15 heteroatoms. The highest BCUT2D eigenvalue weighted by Gasteiger charge is 2.41. The number of hydrogen-bond acceptors (Lipinski definition) is 11. The Labute approximate surface area is 257 Å². The standard InChI is InChI=1S/C30H34F3NO11/c1-15(13-40-17(3)35)42-30(27(44-20(6)38)24(43-19(5)37)14-41-18(4)36)45-28-25(32)22(12-23(31)26(28)33)29(39)34-16(2)21-10-8-7-9-11-21/h7-12,15-16,24,27,30H,13-14H2,1-6H3,(H,34,39). The van der Waals surface area contributed by atoms with Crippen molar-refractivity contribution in [3.63, 3.8) is 0 Å². The molecular weight excluding hydrogens is 607 g/mol. The smallest absolute Gasteiger partial charge is 0.303 e. The van der Waals surface area contributed by atoms with Crippen LogP contribution in [-0.2, 0) is 42.9 Å². The minimum Gasteiger partial charge on any atom is -0.463 e. The Morgan fingerprint density at radius 2 is 1.36 bits per heavy atom. The predicted molar refractivity (Wildman–Crippen MR) is 148 cm³/mol. The lowest BCUT2D eigenvalue weighted by atomic mass is 10.1. The summed E-state index contributed by atoms with van der Waals surface area (Å²) < 4.78 is 76.9. The van der Waals surface area contributed by atoms with Crippen LogP contribution in [-0.4, -0.2) is 67.6 Å². The molecule has 12 nitrogen and oxygen atoms in total. The Balaban J connectivity index is 2.59. The monoisotopic (exact) mass is 641 g/mol. The van der Waals surface area contributed by atoms with Gasteiger partial charge in [-0.2, -0.15) is 4.39 Å². The van der Waals surface area contributed by atoms with Crippen LogP contribution >= 0.6 is 0 Å². The fourth-order valence-corrected chi connectivity index (χ4v) is 3.85. The lowest BCUT2D eigenvalue weighted by Gasteiger charge is -2.33. The van der Waals surface area contributed by atoms with Gasteiger partial charge in [-0.3, -0.25) is 24.0 Å². The molecule has 0 fully saturated rings. The lowest BCUT2D eigenvalue weighted by Crippen LogP contribution is -2.50. The highest BCUT2D eigenvalue weighted by atomic mass is 19.2. The van der Waals surface area contributed by atoms with Crippen molar-refractivity contribution in [3.8, 4) is 5.75 Å². The molecule has 0 aliphatic carbocycles. The van der Waals surface area contributed by atoms with E-state index in [0.717, 1.165) is 27.7 Å². The van der Waals surface area contributed by atoms with Crippen molar-refractivity contribution >= 4 is 29.8 Å². The van der Waals surface area contributed by atoms with E-state index in [9.17, 15) is 28.4 Å². The number of amides is 1. The zero-order chi connectivity index (χ0) is 33.8. The van der Waals surface area contributed by atoms with Gasteiger partial charge in [0.1, 0.15) is 13.2 Å². The molecular formula is C30H34F3NO11. The van der Waals surface area contributed by atoms with Gasteiger partial charge in [-0.15, -0.1) is 0 Å². The number of rotatable bonds is 15. The Hall–Kier alpha value is -4.66. The second kappa shape index (κ2) is 17.0. The van der Waals surface area contributed by atoms with Crippen molar-refractivity contribution in [3.05, 3.63) is 65.0 Å². The Kier molecular flexibility index (Phi) is 13.8. The van der Waals surface area contributed by atoms with Crippen molar-refractivity contribution in [2.45, 2.75) is 72.2 Å². The molecule has 1 amide bonds. The van der Waals surface area contributed by atoms with Crippen molar-refractivity contribution in [1.29, 1.82) is 0 Å². The molecule has 0 heterocycles. The van der Waals surface area contributed by atoms with Gasteiger partial charge in [-0.1, -0.05) is 30.3 Å². The second-order valence-electron chi connectivity index (χ2n) is 9.73. The molecule has 0 radical (unpaired) electrons. The van der Waals surface area contributed by atoms with E-state index >= 15 is 8.78 Å². The zero-order valence-electron chi connectivity index (χ0n) is 25.4. The van der Waals surface area contributed by atoms with Crippen LogP contribution in [0, 0.1) is 17.5 Å². The molecule has 0 saturated heterocycles. The molecule has 0 saturated carbocycles. The number of halogens is 3. The quantitative estimate of drug-likeness (QED) is 0.131. The number of benzene rings is 2. The Morgan fingerprint density at radius 1 is 0.778 bits per heavy atom. The fourth-order valence-electron chi connectivity index (χ4n) is 3.85. The Morgan fingerprint density at radius 3 is 1.91 bits per heavy atom. The fraction of sp³-hybridized carbons (Fsp3) is 0.433. The molecule has 1 N–H and O–H groups in total. The van der Waals surface area contributed by atoms with Crippen molar-refractivity contribution in [1.82, 2.24) is 5.32 Å². The minimum absolute atomic E-state index is 0.329. The van der Waals surface area contributed by atoms with E-state index in [1.807, 2.05) is 0 Å². The summed E-state index contributed by atoms with van der Waals surface area (Å²) in [5, 5.41) is 2.48. The number of ether oxygens (including phenoxy) is 6. The topological polar surface area (TPSA) is 153 Å². The normalized spacial score (nSPS) is 14.2. The van der Waals surface area contributed by atoms with E-state index in [1.165, 1.54) is 6.92 Å². The number of nitrogens with one attached hydrogen (secondary N) is 1. The van der Waals surface area contributed by atoms with Gasteiger partial charge >= 0.3 is 23.9 Å². The second-order valence-corrected chi connectivity index (χ2v) is 9.73. The van der Waals surface area contributed by atoms with Crippen LogP contribution in [0.5, 0.6) is 5.75 Å². The summed E-state index contributed by atoms with van der Waals surface area (Å²) in [4.78, 5) is 59.8. The summed E-state index contributed by atoms with van der Waals surface area (Å²) in [5.74, 6) is -11.3. The maximum Gasteiger partial charge on any atom is 0.303 e. The Bertz CT molecular complexity index is 1370. The van der Waals surface area contributed by atoms with E-state index < -0.39 is 102 Å². The van der Waals surface area contributed by atoms with Gasteiger partial charge < -0.3 is 33.7 Å². The van der Waals surface area contributed by atoms with Crippen LogP contribution in [0.15, 0.2) is 36.4 Å². The SMILES string of the molecule is CC(=O)OCC(C)OC(Oc1c(F)c(F)cc(C(=O)NC(C)c2ccccc2)c1F)C(OC(C)=O)C(COC(C)=O)OC(C)=O. The van der Waals surface area contributed by atoms with Crippen molar-refractivity contribution in [2.24, 2.45) is 0 Å². The zero-order valence-corrected chi connectivity index (χ0v) is 25.4. The van der Waals surface area contributed by atoms with Crippen LogP contribution in [0.25, 0.3) is 0 Å². The first-order valence-electron chi connectivity index (χ1n) is 13.6. The molecule has 2 aromatic carbocycles. The number of carbonyl (C=O) groups is 5. The molecule has 0 aliphatic heterocycles. The third-order valence-electron chi connectivity index (χ3n) is 5.83. The van der Waals surface area contributed by atoms with Gasteiger partial charge in [0.2, 0.25) is 18.2 Å². The highest BCUT2D eigenvalue weighted by Crippen LogP contribution is 2.31. The first-order chi connectivity index (χ1) is 21.1. The third-order valence-corrected chi connectivity index (χ3v) is 5.83. The molecule has 246 valence electrons. The predicted octanol–water partition coefficient (Wildman–Crippen LogP) is 3.69. The maximum atomic E-state index is 15.8. The van der Waals surface area contributed by atoms with Gasteiger partial charge in [-0.25, -0.2) is 8.78 Å². The number of hydrogen-bond donors (Lipinski definition) is 1. The van der Waals surface area contributed by atoms with Crippen molar-refractivity contribution < 1.29 is 65.6 Å². The molecule has 0 aromatic heterocycles. The van der Waals surface area contributed by atoms with Gasteiger partial charge in [-0.05, 0) is 25.5 Å². The summed E-state index contributed by atoms with van der Waals surface area (Å²) in [6.45, 7) is 5.76. The molecule has 5 atom stereocenters. The summed E-state index contributed by atoms with van der Waals surface area (Å²) in [7, 11) is 0. The van der Waals surface area contributed by atoms with Crippen LogP contribution in [0.3, 0.4) is 0 Å². The molecule has 2 rings (SSSR count). The summed E-state index contributed by atoms with van der Waals surface area (Å²) in [5.41, 5.74) is -0.312. The van der Waals surface area contributed by atoms with Gasteiger partial charge in [0.15, 0.2) is 23.5 Å². The molecule has 0 bridgehead atoms. The first kappa shape index (κ1) is 36.5. The highest BCUT2D eigenvalue weighted by molar-refractivity contribution is 5.95. The van der Waals surface area contributed by atoms with Gasteiger partial charge in [0.25, 0.3) is 5.91 Å². The molecule has 0 aliphatic rings. The van der Waals surface area contributed by atoms with E-state index in [-0.39, 0.29) is 0 Å². The average molecular weight is 642 g/mol. The number of esters is 4. The first-order valence-corrected chi connectivity index (χ1v) is 13.6. The number of carbonyl (C=O) groups excluding carboxylic acids is 5. The summed E-state index contributed by atoms with van der Waals surface area (Å²) >= 11 is 0. The van der Waals surface area contributed by atoms with E-state index in [2.05, 4.69) is 5.32 Å². The van der Waals surface area contributed by atoms with Crippen LogP contribution in [0.2, 0.25) is 0 Å². The van der Waals surface area contributed by atoms with Crippen LogP contribution in [0.1, 0.15) is 63.5 Å².